The standard InChI is InChI=1S/C66H60BN3O4/c1-63(2,3)39-23-21-37-29-56(71-52(37)31-39)69-50-35-43(68-48-19-15-13-17-44(48)45-18-14-16-20-49(45)68)36-51-60(50)67(58-46-27-25-41(65(7,8)9)33-54(46)73-61(58)69)59-47-28-26-42(66(10,11)12)34-55(47)74-62(59)70(51)57-30-38-22-24-40(64(4,5)6)32-53(38)72-57/h13-36H,1-12H3. The van der Waals surface area contributed by atoms with Crippen LogP contribution in [0.25, 0.3) is 71.4 Å². The molecule has 366 valence electrons. The fraction of sp³-hybridized carbons (Fsp3) is 0.242. The average molecular weight is 970 g/mol. The minimum atomic E-state index is -0.318. The van der Waals surface area contributed by atoms with E-state index in [0.29, 0.717) is 11.8 Å². The monoisotopic (exact) mass is 969 g/mol. The molecule has 0 radical (unpaired) electrons. The fourth-order valence-corrected chi connectivity index (χ4v) is 11.9. The molecule has 0 N–H and O–H groups in total. The van der Waals surface area contributed by atoms with E-state index in [-0.39, 0.29) is 28.4 Å². The zero-order valence-electron chi connectivity index (χ0n) is 44.4. The molecule has 0 saturated carbocycles. The van der Waals surface area contributed by atoms with E-state index < -0.39 is 0 Å². The zero-order chi connectivity index (χ0) is 51.1. The van der Waals surface area contributed by atoms with Crippen LogP contribution < -0.4 is 26.2 Å². The minimum Gasteiger partial charge on any atom is -0.440 e. The van der Waals surface area contributed by atoms with Gasteiger partial charge in [0, 0.05) is 55.4 Å². The maximum Gasteiger partial charge on any atom is 0.262 e. The van der Waals surface area contributed by atoms with E-state index in [0.717, 1.165) is 100 Å². The highest BCUT2D eigenvalue weighted by Crippen LogP contribution is 2.51. The molecule has 0 saturated heterocycles. The maximum atomic E-state index is 7.45. The summed E-state index contributed by atoms with van der Waals surface area (Å²) >= 11 is 0. The summed E-state index contributed by atoms with van der Waals surface area (Å²) in [5.41, 5.74) is 16.1. The SMILES string of the molecule is CC(C)(C)c1ccc2cc(N3c4cc(-n5c6ccccc6c6ccccc65)cc5c4B(c4c3oc3cc(C(C)(C)C)ccc43)c3c(oc4cc(C(C)(C)C)ccc34)N5c3cc4ccc(C(C)(C)C)cc4o3)oc2c1. The number of para-hydroxylation sites is 2. The second-order valence-electron chi connectivity index (χ2n) is 25.1. The lowest BCUT2D eigenvalue weighted by atomic mass is 9.33. The Balaban J connectivity index is 1.15. The van der Waals surface area contributed by atoms with Crippen molar-refractivity contribution in [1.82, 2.24) is 4.57 Å². The van der Waals surface area contributed by atoms with Gasteiger partial charge in [-0.1, -0.05) is 168 Å². The summed E-state index contributed by atoms with van der Waals surface area (Å²) in [6.07, 6.45) is 0. The quantitative estimate of drug-likeness (QED) is 0.164. The molecule has 14 rings (SSSR count). The predicted octanol–water partition coefficient (Wildman–Crippen LogP) is 17.0. The molecule has 8 heteroatoms. The summed E-state index contributed by atoms with van der Waals surface area (Å²) in [6.45, 7) is 26.7. The van der Waals surface area contributed by atoms with E-state index in [9.17, 15) is 0 Å². The van der Waals surface area contributed by atoms with E-state index in [1.54, 1.807) is 0 Å². The Hall–Kier alpha value is -7.84. The molecular weight excluding hydrogens is 910 g/mol. The van der Waals surface area contributed by atoms with Crippen molar-refractivity contribution in [3.8, 4) is 5.69 Å². The van der Waals surface area contributed by atoms with Crippen LogP contribution in [0.4, 0.5) is 34.9 Å². The van der Waals surface area contributed by atoms with Crippen LogP contribution in [0.15, 0.2) is 163 Å². The number of hydrogen-bond donors (Lipinski definition) is 0. The van der Waals surface area contributed by atoms with Gasteiger partial charge in [0.15, 0.2) is 0 Å². The second-order valence-corrected chi connectivity index (χ2v) is 25.1. The highest BCUT2D eigenvalue weighted by molar-refractivity contribution is 7.02. The van der Waals surface area contributed by atoms with Crippen LogP contribution in [0.5, 0.6) is 0 Å². The highest BCUT2D eigenvalue weighted by Gasteiger charge is 2.50. The second kappa shape index (κ2) is 14.9. The van der Waals surface area contributed by atoms with Gasteiger partial charge in [0.05, 0.1) is 28.1 Å². The molecule has 0 fully saturated rings. The third-order valence-electron chi connectivity index (χ3n) is 16.1. The highest BCUT2D eigenvalue weighted by atomic mass is 16.4. The number of aromatic nitrogens is 1. The van der Waals surface area contributed by atoms with Crippen molar-refractivity contribution in [1.29, 1.82) is 0 Å². The molecule has 0 unspecified atom stereocenters. The third-order valence-corrected chi connectivity index (χ3v) is 16.1. The Bertz CT molecular complexity index is 4060. The molecule has 7 heterocycles. The molecule has 0 atom stereocenters. The lowest BCUT2D eigenvalue weighted by Gasteiger charge is -2.39. The van der Waals surface area contributed by atoms with E-state index in [2.05, 4.69) is 243 Å². The van der Waals surface area contributed by atoms with Crippen molar-refractivity contribution in [2.45, 2.75) is 105 Å². The summed E-state index contributed by atoms with van der Waals surface area (Å²) in [6, 6.07) is 53.3. The van der Waals surface area contributed by atoms with Crippen LogP contribution >= 0.6 is 0 Å². The Morgan fingerprint density at radius 1 is 0.351 bits per heavy atom. The Morgan fingerprint density at radius 2 is 0.730 bits per heavy atom. The minimum absolute atomic E-state index is 0.0704. The van der Waals surface area contributed by atoms with Gasteiger partial charge < -0.3 is 22.2 Å². The van der Waals surface area contributed by atoms with E-state index in [1.807, 2.05) is 0 Å². The summed E-state index contributed by atoms with van der Waals surface area (Å²) in [5.74, 6) is 2.79. The molecule has 0 spiro atoms. The first-order chi connectivity index (χ1) is 35.2. The van der Waals surface area contributed by atoms with Crippen molar-refractivity contribution in [2.75, 3.05) is 9.80 Å². The van der Waals surface area contributed by atoms with Crippen LogP contribution in [0, 0.1) is 0 Å². The van der Waals surface area contributed by atoms with Crippen molar-refractivity contribution >= 4 is 124 Å². The third kappa shape index (κ3) is 6.52. The summed E-state index contributed by atoms with van der Waals surface area (Å²) in [4.78, 5) is 4.51. The Kier molecular flexibility index (Phi) is 9.03. The molecular formula is C66H60BN3O4. The van der Waals surface area contributed by atoms with Crippen LogP contribution in [0.3, 0.4) is 0 Å². The van der Waals surface area contributed by atoms with Crippen LogP contribution in [0.1, 0.15) is 105 Å². The number of anilines is 6. The molecule has 5 aromatic heterocycles. The number of rotatable bonds is 3. The number of hydrogen-bond acceptors (Lipinski definition) is 6. The number of nitrogens with zero attached hydrogens (tertiary/aromatic N) is 3. The van der Waals surface area contributed by atoms with Gasteiger partial charge in [-0.25, -0.2) is 0 Å². The normalized spacial score (nSPS) is 14.1. The smallest absolute Gasteiger partial charge is 0.262 e. The molecule has 74 heavy (non-hydrogen) atoms. The van der Waals surface area contributed by atoms with Gasteiger partial charge in [-0.3, -0.25) is 9.80 Å². The van der Waals surface area contributed by atoms with Gasteiger partial charge in [-0.05, 0) is 97.9 Å². The van der Waals surface area contributed by atoms with Crippen LogP contribution in [-0.4, -0.2) is 11.3 Å². The topological polar surface area (TPSA) is 64.0 Å². The summed E-state index contributed by atoms with van der Waals surface area (Å²) < 4.78 is 31.7. The van der Waals surface area contributed by atoms with Gasteiger partial charge in [-0.2, -0.15) is 0 Å². The van der Waals surface area contributed by atoms with Crippen LogP contribution in [0.2, 0.25) is 0 Å². The number of benzene rings is 7. The Morgan fingerprint density at radius 3 is 1.14 bits per heavy atom. The maximum absolute atomic E-state index is 7.45. The predicted molar refractivity (Wildman–Crippen MR) is 309 cm³/mol. The molecule has 12 aromatic rings. The molecule has 0 bridgehead atoms. The molecule has 7 aromatic carbocycles. The average Bonchev–Trinajstić information content (AvgIpc) is 4.18. The first-order valence-electron chi connectivity index (χ1n) is 26.2. The van der Waals surface area contributed by atoms with Gasteiger partial charge in [0.2, 0.25) is 23.5 Å². The van der Waals surface area contributed by atoms with Crippen molar-refractivity contribution in [3.05, 3.63) is 168 Å². The summed E-state index contributed by atoms with van der Waals surface area (Å²) in [7, 11) is 0. The van der Waals surface area contributed by atoms with Crippen LogP contribution in [-0.2, 0) is 21.7 Å². The first kappa shape index (κ1) is 44.8. The Labute approximate surface area is 432 Å². The zero-order valence-corrected chi connectivity index (χ0v) is 44.4. The van der Waals surface area contributed by atoms with Crippen molar-refractivity contribution in [3.63, 3.8) is 0 Å². The number of fused-ring (bicyclic) bond motifs is 13. The van der Waals surface area contributed by atoms with Crippen molar-refractivity contribution in [2.24, 2.45) is 0 Å². The molecule has 2 aliphatic rings. The van der Waals surface area contributed by atoms with E-state index >= 15 is 0 Å². The number of furan rings is 4. The fourth-order valence-electron chi connectivity index (χ4n) is 11.9. The van der Waals surface area contributed by atoms with Crippen molar-refractivity contribution < 1.29 is 17.7 Å². The van der Waals surface area contributed by atoms with Gasteiger partial charge in [0.25, 0.3) is 6.71 Å². The lowest BCUT2D eigenvalue weighted by Crippen LogP contribution is -2.60. The lowest BCUT2D eigenvalue weighted by molar-refractivity contribution is 0.570. The molecule has 7 nitrogen and oxygen atoms in total. The molecule has 0 aliphatic carbocycles. The molecule has 0 amide bonds. The van der Waals surface area contributed by atoms with Gasteiger partial charge in [-0.15, -0.1) is 0 Å². The first-order valence-corrected chi connectivity index (χ1v) is 26.2. The summed E-state index contributed by atoms with van der Waals surface area (Å²) in [5, 5.41) is 6.51. The molecule has 2 aliphatic heterocycles. The van der Waals surface area contributed by atoms with E-state index in [4.69, 9.17) is 17.7 Å². The van der Waals surface area contributed by atoms with Gasteiger partial charge >= 0.3 is 0 Å². The largest absolute Gasteiger partial charge is 0.440 e. The van der Waals surface area contributed by atoms with E-state index in [1.165, 1.54) is 33.0 Å². The van der Waals surface area contributed by atoms with Gasteiger partial charge in [0.1, 0.15) is 22.3 Å².